The molecule has 1 saturated heterocycles. The summed E-state index contributed by atoms with van der Waals surface area (Å²) >= 11 is 0. The molecular weight excluding hydrogens is 750 g/mol. The van der Waals surface area contributed by atoms with Crippen LogP contribution in [0.1, 0.15) is 46.0 Å². The number of carbonyl (C=O) groups is 6. The molecule has 1 aliphatic heterocycles. The molecule has 3 amide bonds. The summed E-state index contributed by atoms with van der Waals surface area (Å²) in [6.45, 7) is 5.11. The number of nitrogens with two attached hydrogens (primary N) is 1. The second-order valence-electron chi connectivity index (χ2n) is 11.7. The SMILES string of the molecule is CC(C)C[C@@H](N)C(=O)NNC(=O)CCCCCNC(=O)CN1CCN(CC(=O)[O-])CCN(CC(=O)[O-])CCN(CC(=O)[O-])CC1.[Gd+3]. The molecule has 1 atom stereocenters. The molecule has 0 spiro atoms. The zero-order valence-electron chi connectivity index (χ0n) is 26.8. The van der Waals surface area contributed by atoms with Crippen LogP contribution in [0.15, 0.2) is 0 Å². The third kappa shape index (κ3) is 22.5. The Morgan fingerprint density at radius 1 is 0.630 bits per heavy atom. The van der Waals surface area contributed by atoms with Crippen LogP contribution in [0.4, 0.5) is 0 Å². The topological polar surface area (TPSA) is 247 Å². The summed E-state index contributed by atoms with van der Waals surface area (Å²) < 4.78 is 0. The van der Waals surface area contributed by atoms with Crippen molar-refractivity contribution in [2.24, 2.45) is 11.7 Å². The van der Waals surface area contributed by atoms with Gasteiger partial charge >= 0.3 is 39.9 Å². The largest absolute Gasteiger partial charge is 3.00 e. The predicted molar refractivity (Wildman–Crippen MR) is 156 cm³/mol. The molecule has 263 valence electrons. The molecule has 0 bridgehead atoms. The van der Waals surface area contributed by atoms with E-state index in [9.17, 15) is 44.1 Å². The fourth-order valence-corrected chi connectivity index (χ4v) is 4.73. The number of hydrogen-bond donors (Lipinski definition) is 4. The molecule has 17 nitrogen and oxygen atoms in total. The first-order valence-corrected chi connectivity index (χ1v) is 15.3. The Hall–Kier alpha value is -2.06. The van der Waals surface area contributed by atoms with E-state index in [1.807, 2.05) is 13.8 Å². The molecule has 1 radical (unpaired) electrons. The minimum absolute atomic E-state index is 0. The zero-order chi connectivity index (χ0) is 33.8. The van der Waals surface area contributed by atoms with Crippen LogP contribution in [0.25, 0.3) is 0 Å². The molecule has 18 heteroatoms. The van der Waals surface area contributed by atoms with Gasteiger partial charge in [0.1, 0.15) is 0 Å². The van der Waals surface area contributed by atoms with E-state index in [0.29, 0.717) is 45.3 Å². The Labute approximate surface area is 302 Å². The van der Waals surface area contributed by atoms with E-state index in [1.54, 1.807) is 19.6 Å². The Balaban J connectivity index is 0.0000202. The van der Waals surface area contributed by atoms with Crippen LogP contribution in [0, 0.1) is 45.9 Å². The standard InChI is InChI=1S/C28H52N8O9.Gd/c1-21(2)16-22(29)28(45)32-31-23(37)6-4-3-5-7-30-24(38)17-33-8-10-34(18-25(39)40)12-14-36(20-27(43)44)15-13-35(11-9-33)19-26(41)42;/h21-22H,3-20,29H2,1-2H3,(H,30,38)(H,31,37)(H,32,45)(H,39,40)(H,41,42)(H,43,44);/q;+3/p-3/t22-;/m1./s1. The maximum Gasteiger partial charge on any atom is 3.00 e. The fraction of sp³-hybridized carbons (Fsp3) is 0.786. The molecular formula is C28H49GdN8O9. The summed E-state index contributed by atoms with van der Waals surface area (Å²) in [4.78, 5) is 76.9. The summed E-state index contributed by atoms with van der Waals surface area (Å²) in [7, 11) is 0. The smallest absolute Gasteiger partial charge is 0.549 e. The van der Waals surface area contributed by atoms with Crippen LogP contribution in [0.3, 0.4) is 0 Å². The Morgan fingerprint density at radius 2 is 1.04 bits per heavy atom. The normalized spacial score (nSPS) is 16.7. The number of amides is 3. The summed E-state index contributed by atoms with van der Waals surface area (Å²) in [5, 5.41) is 36.6. The third-order valence-corrected chi connectivity index (χ3v) is 7.15. The molecule has 0 aromatic heterocycles. The maximum absolute atomic E-state index is 12.7. The van der Waals surface area contributed by atoms with Crippen molar-refractivity contribution < 1.29 is 84.0 Å². The van der Waals surface area contributed by atoms with Crippen molar-refractivity contribution in [3.05, 3.63) is 0 Å². The second kappa shape index (κ2) is 25.0. The average molecular weight is 799 g/mol. The molecule has 5 N–H and O–H groups in total. The van der Waals surface area contributed by atoms with E-state index in [2.05, 4.69) is 16.2 Å². The van der Waals surface area contributed by atoms with Crippen molar-refractivity contribution in [2.75, 3.05) is 85.1 Å². The van der Waals surface area contributed by atoms with Gasteiger partial charge in [0.2, 0.25) is 11.8 Å². The van der Waals surface area contributed by atoms with Gasteiger partial charge in [-0.15, -0.1) is 0 Å². The van der Waals surface area contributed by atoms with Gasteiger partial charge in [-0.2, -0.15) is 0 Å². The summed E-state index contributed by atoms with van der Waals surface area (Å²) in [5.74, 6) is -4.68. The molecule has 1 aliphatic rings. The Morgan fingerprint density at radius 3 is 1.43 bits per heavy atom. The minimum atomic E-state index is -1.30. The second-order valence-corrected chi connectivity index (χ2v) is 11.7. The summed E-state index contributed by atoms with van der Waals surface area (Å²) in [6.07, 6.45) is 2.51. The number of carboxylic acids is 3. The number of nitrogens with one attached hydrogen (secondary N) is 3. The monoisotopic (exact) mass is 799 g/mol. The van der Waals surface area contributed by atoms with Gasteiger partial charge in [0, 0.05) is 85.0 Å². The van der Waals surface area contributed by atoms with Gasteiger partial charge in [0.15, 0.2) is 0 Å². The van der Waals surface area contributed by atoms with Crippen LogP contribution in [-0.4, -0.2) is 146 Å². The molecule has 1 fully saturated rings. The van der Waals surface area contributed by atoms with E-state index in [4.69, 9.17) is 5.73 Å². The number of hydrogen-bond acceptors (Lipinski definition) is 14. The van der Waals surface area contributed by atoms with Gasteiger partial charge in [-0.1, -0.05) is 20.3 Å². The van der Waals surface area contributed by atoms with Gasteiger partial charge in [-0.3, -0.25) is 44.8 Å². The predicted octanol–water partition coefficient (Wildman–Crippen LogP) is -6.34. The first-order chi connectivity index (χ1) is 21.2. The van der Waals surface area contributed by atoms with Gasteiger partial charge in [-0.25, -0.2) is 0 Å². The van der Waals surface area contributed by atoms with Crippen molar-refractivity contribution in [1.82, 2.24) is 35.8 Å². The number of carbonyl (C=O) groups excluding carboxylic acids is 6. The quantitative estimate of drug-likeness (QED) is 0.0791. The number of hydrazine groups is 1. The van der Waals surface area contributed by atoms with Gasteiger partial charge in [0.25, 0.3) is 5.91 Å². The molecule has 0 aromatic rings. The van der Waals surface area contributed by atoms with Crippen LogP contribution in [0.5, 0.6) is 0 Å². The van der Waals surface area contributed by atoms with Crippen molar-refractivity contribution in [2.45, 2.75) is 52.0 Å². The third-order valence-electron chi connectivity index (χ3n) is 7.15. The molecule has 0 aromatic carbocycles. The van der Waals surface area contributed by atoms with Gasteiger partial charge in [-0.05, 0) is 25.2 Å². The molecule has 0 aliphatic carbocycles. The van der Waals surface area contributed by atoms with Gasteiger partial charge < -0.3 is 40.8 Å². The van der Waals surface area contributed by atoms with E-state index in [0.717, 1.165) is 0 Å². The Kier molecular flexibility index (Phi) is 23.9. The zero-order valence-corrected chi connectivity index (χ0v) is 29.0. The van der Waals surface area contributed by atoms with Crippen LogP contribution in [-0.2, 0) is 28.8 Å². The first-order valence-electron chi connectivity index (χ1n) is 15.3. The Bertz CT molecular complexity index is 943. The molecule has 1 rings (SSSR count). The number of carboxylic acid groups (broad SMARTS) is 3. The van der Waals surface area contributed by atoms with E-state index in [-0.39, 0.29) is 130 Å². The van der Waals surface area contributed by atoms with Crippen LogP contribution >= 0.6 is 0 Å². The summed E-state index contributed by atoms with van der Waals surface area (Å²) in [6, 6.07) is -0.702. The van der Waals surface area contributed by atoms with Crippen LogP contribution < -0.4 is 37.2 Å². The van der Waals surface area contributed by atoms with Crippen molar-refractivity contribution in [3.8, 4) is 0 Å². The summed E-state index contributed by atoms with van der Waals surface area (Å²) in [5.41, 5.74) is 10.5. The van der Waals surface area contributed by atoms with E-state index < -0.39 is 29.9 Å². The average Bonchev–Trinajstić information content (AvgIpc) is 2.93. The number of rotatable bonds is 17. The molecule has 0 saturated carbocycles. The maximum atomic E-state index is 12.7. The van der Waals surface area contributed by atoms with E-state index in [1.165, 1.54) is 0 Å². The molecule has 1 heterocycles. The first kappa shape index (κ1) is 43.9. The number of unbranched alkanes of at least 4 members (excludes halogenated alkanes) is 2. The van der Waals surface area contributed by atoms with Crippen LogP contribution in [0.2, 0.25) is 0 Å². The van der Waals surface area contributed by atoms with Crippen molar-refractivity contribution in [3.63, 3.8) is 0 Å². The number of aliphatic carboxylic acids is 3. The number of nitrogens with zero attached hydrogens (tertiary/aromatic N) is 4. The van der Waals surface area contributed by atoms with Crippen molar-refractivity contribution in [1.29, 1.82) is 0 Å². The van der Waals surface area contributed by atoms with Crippen molar-refractivity contribution >= 4 is 35.6 Å². The van der Waals surface area contributed by atoms with E-state index >= 15 is 0 Å². The van der Waals surface area contributed by atoms with Gasteiger partial charge in [0.05, 0.1) is 30.5 Å². The molecule has 0 unspecified atom stereocenters. The minimum Gasteiger partial charge on any atom is -0.549 e. The fourth-order valence-electron chi connectivity index (χ4n) is 4.73. The molecule has 46 heavy (non-hydrogen) atoms.